The number of hydrogen-bond donors (Lipinski definition) is 1. The van der Waals surface area contributed by atoms with Gasteiger partial charge in [-0.3, -0.25) is 4.68 Å². The van der Waals surface area contributed by atoms with Gasteiger partial charge in [0.1, 0.15) is 0 Å². The second-order valence-corrected chi connectivity index (χ2v) is 4.03. The SMILES string of the molecule is Cl.Cl.Cl.Cn1cc(-c2cc3c(nn2)CCNC3)cn1. The fourth-order valence-electron chi connectivity index (χ4n) is 1.94. The average Bonchev–Trinajstić information content (AvgIpc) is 2.75. The lowest BCUT2D eigenvalue weighted by Crippen LogP contribution is -2.24. The van der Waals surface area contributed by atoms with Gasteiger partial charge in [0.2, 0.25) is 0 Å². The Morgan fingerprint density at radius 3 is 2.68 bits per heavy atom. The van der Waals surface area contributed by atoms with Crippen LogP contribution in [0.2, 0.25) is 0 Å². The van der Waals surface area contributed by atoms with Crippen LogP contribution in [0.1, 0.15) is 11.3 Å². The van der Waals surface area contributed by atoms with Gasteiger partial charge >= 0.3 is 0 Å². The number of nitrogens with one attached hydrogen (secondary N) is 1. The highest BCUT2D eigenvalue weighted by molar-refractivity contribution is 5.86. The predicted octanol–water partition coefficient (Wildman–Crippen LogP) is 1.79. The van der Waals surface area contributed by atoms with Crippen LogP contribution < -0.4 is 5.32 Å². The minimum absolute atomic E-state index is 0. The lowest BCUT2D eigenvalue weighted by atomic mass is 10.1. The van der Waals surface area contributed by atoms with Crippen molar-refractivity contribution in [3.8, 4) is 11.3 Å². The quantitative estimate of drug-likeness (QED) is 0.869. The van der Waals surface area contributed by atoms with E-state index in [0.717, 1.165) is 36.5 Å². The van der Waals surface area contributed by atoms with Gasteiger partial charge in [-0.2, -0.15) is 15.3 Å². The zero-order chi connectivity index (χ0) is 11.0. The van der Waals surface area contributed by atoms with Gasteiger partial charge in [-0.1, -0.05) is 0 Å². The maximum atomic E-state index is 4.28. The number of aryl methyl sites for hydroxylation is 1. The molecule has 1 N–H and O–H groups in total. The van der Waals surface area contributed by atoms with Gasteiger partial charge < -0.3 is 5.32 Å². The molecular formula is C11H16Cl3N5. The van der Waals surface area contributed by atoms with Crippen LogP contribution in [-0.4, -0.2) is 26.5 Å². The molecule has 19 heavy (non-hydrogen) atoms. The molecule has 0 unspecified atom stereocenters. The number of fused-ring (bicyclic) bond motifs is 1. The number of halogens is 3. The van der Waals surface area contributed by atoms with Crippen molar-refractivity contribution in [2.75, 3.05) is 6.54 Å². The number of aromatic nitrogens is 4. The fraction of sp³-hybridized carbons (Fsp3) is 0.364. The van der Waals surface area contributed by atoms with Gasteiger partial charge in [0, 0.05) is 38.3 Å². The molecule has 0 fully saturated rings. The van der Waals surface area contributed by atoms with Crippen molar-refractivity contribution < 1.29 is 0 Å². The van der Waals surface area contributed by atoms with Crippen LogP contribution >= 0.6 is 37.2 Å². The molecule has 0 radical (unpaired) electrons. The number of nitrogens with zero attached hydrogens (tertiary/aromatic N) is 4. The first-order chi connectivity index (χ1) is 7.83. The predicted molar refractivity (Wildman–Crippen MR) is 81.4 cm³/mol. The van der Waals surface area contributed by atoms with E-state index in [1.54, 1.807) is 4.68 Å². The molecule has 3 heterocycles. The van der Waals surface area contributed by atoms with Crippen molar-refractivity contribution in [3.05, 3.63) is 29.7 Å². The van der Waals surface area contributed by atoms with Crippen LogP contribution in [0.5, 0.6) is 0 Å². The number of hydrogen-bond acceptors (Lipinski definition) is 4. The third kappa shape index (κ3) is 3.79. The standard InChI is InChI=1S/C11H13N5.3ClH/c1-16-7-9(6-13-16)11-4-8-5-12-3-2-10(8)14-15-11;;;/h4,6-7,12H,2-3,5H2,1H3;3*1H. The second-order valence-electron chi connectivity index (χ2n) is 4.03. The van der Waals surface area contributed by atoms with Crippen LogP contribution in [0.25, 0.3) is 11.3 Å². The third-order valence-electron chi connectivity index (χ3n) is 2.81. The minimum atomic E-state index is 0. The molecule has 106 valence electrons. The smallest absolute Gasteiger partial charge is 0.0964 e. The lowest BCUT2D eigenvalue weighted by Gasteiger charge is -2.15. The molecule has 5 nitrogen and oxygen atoms in total. The van der Waals surface area contributed by atoms with Gasteiger partial charge in [-0.25, -0.2) is 0 Å². The minimum Gasteiger partial charge on any atom is -0.312 e. The molecule has 0 atom stereocenters. The van der Waals surface area contributed by atoms with E-state index in [1.165, 1.54) is 5.56 Å². The molecule has 0 aromatic carbocycles. The van der Waals surface area contributed by atoms with E-state index in [2.05, 4.69) is 26.7 Å². The third-order valence-corrected chi connectivity index (χ3v) is 2.81. The molecular weight excluding hydrogens is 309 g/mol. The Kier molecular flexibility index (Phi) is 7.29. The van der Waals surface area contributed by atoms with Crippen molar-refractivity contribution in [1.29, 1.82) is 0 Å². The van der Waals surface area contributed by atoms with Crippen molar-refractivity contribution >= 4 is 37.2 Å². The summed E-state index contributed by atoms with van der Waals surface area (Å²) in [5.74, 6) is 0. The zero-order valence-electron chi connectivity index (χ0n) is 10.4. The van der Waals surface area contributed by atoms with E-state index >= 15 is 0 Å². The van der Waals surface area contributed by atoms with Crippen molar-refractivity contribution in [2.45, 2.75) is 13.0 Å². The Hall–Kier alpha value is -0.880. The summed E-state index contributed by atoms with van der Waals surface area (Å²) >= 11 is 0. The summed E-state index contributed by atoms with van der Waals surface area (Å²) in [6, 6.07) is 2.10. The van der Waals surface area contributed by atoms with Gasteiger partial charge in [0.25, 0.3) is 0 Å². The molecule has 1 aliphatic heterocycles. The molecule has 0 saturated carbocycles. The van der Waals surface area contributed by atoms with Crippen molar-refractivity contribution in [3.63, 3.8) is 0 Å². The van der Waals surface area contributed by atoms with Crippen molar-refractivity contribution in [2.24, 2.45) is 7.05 Å². The van der Waals surface area contributed by atoms with E-state index in [0.29, 0.717) is 0 Å². The fourth-order valence-corrected chi connectivity index (χ4v) is 1.94. The molecule has 1 aliphatic rings. The molecule has 0 spiro atoms. The summed E-state index contributed by atoms with van der Waals surface area (Å²) in [6.07, 6.45) is 4.73. The van der Waals surface area contributed by atoms with E-state index in [4.69, 9.17) is 0 Å². The first kappa shape index (κ1) is 18.1. The van der Waals surface area contributed by atoms with E-state index in [9.17, 15) is 0 Å². The monoisotopic (exact) mass is 323 g/mol. The molecule has 2 aromatic heterocycles. The Morgan fingerprint density at radius 2 is 2.00 bits per heavy atom. The Bertz CT molecular complexity index is 529. The van der Waals surface area contributed by atoms with E-state index in [1.807, 2.05) is 19.4 Å². The summed E-state index contributed by atoms with van der Waals surface area (Å²) < 4.78 is 1.77. The molecule has 0 bridgehead atoms. The van der Waals surface area contributed by atoms with Crippen LogP contribution in [0, 0.1) is 0 Å². The molecule has 3 rings (SSSR count). The normalized spacial score (nSPS) is 12.5. The van der Waals surface area contributed by atoms with Crippen molar-refractivity contribution in [1.82, 2.24) is 25.3 Å². The summed E-state index contributed by atoms with van der Waals surface area (Å²) in [7, 11) is 1.90. The second kappa shape index (κ2) is 7.65. The summed E-state index contributed by atoms with van der Waals surface area (Å²) in [6.45, 7) is 1.88. The molecule has 0 saturated heterocycles. The van der Waals surface area contributed by atoms with Gasteiger partial charge in [-0.05, 0) is 11.6 Å². The highest BCUT2D eigenvalue weighted by Crippen LogP contribution is 2.19. The van der Waals surface area contributed by atoms with Crippen LogP contribution in [0.3, 0.4) is 0 Å². The van der Waals surface area contributed by atoms with Crippen LogP contribution in [0.4, 0.5) is 0 Å². The van der Waals surface area contributed by atoms with Gasteiger partial charge in [-0.15, -0.1) is 37.2 Å². The Morgan fingerprint density at radius 1 is 1.21 bits per heavy atom. The van der Waals surface area contributed by atoms with E-state index in [-0.39, 0.29) is 37.2 Å². The van der Waals surface area contributed by atoms with Gasteiger partial charge in [0.15, 0.2) is 0 Å². The first-order valence-corrected chi connectivity index (χ1v) is 5.38. The summed E-state index contributed by atoms with van der Waals surface area (Å²) in [4.78, 5) is 0. The molecule has 8 heteroatoms. The maximum absolute atomic E-state index is 4.28. The lowest BCUT2D eigenvalue weighted by molar-refractivity contribution is 0.621. The summed E-state index contributed by atoms with van der Waals surface area (Å²) in [5.41, 5.74) is 4.28. The van der Waals surface area contributed by atoms with Gasteiger partial charge in [0.05, 0.1) is 17.6 Å². The van der Waals surface area contributed by atoms with E-state index < -0.39 is 0 Å². The Balaban J connectivity index is 0.00000108. The Labute approximate surface area is 130 Å². The van der Waals surface area contributed by atoms with Crippen LogP contribution in [-0.2, 0) is 20.0 Å². The number of rotatable bonds is 1. The largest absolute Gasteiger partial charge is 0.312 e. The highest BCUT2D eigenvalue weighted by Gasteiger charge is 2.12. The molecule has 0 amide bonds. The first-order valence-electron chi connectivity index (χ1n) is 5.38. The average molecular weight is 325 g/mol. The highest BCUT2D eigenvalue weighted by atomic mass is 35.5. The zero-order valence-corrected chi connectivity index (χ0v) is 12.8. The molecule has 2 aromatic rings. The van der Waals surface area contributed by atoms with Crippen LogP contribution in [0.15, 0.2) is 18.5 Å². The topological polar surface area (TPSA) is 55.6 Å². The summed E-state index contributed by atoms with van der Waals surface area (Å²) in [5, 5.41) is 16.0. The maximum Gasteiger partial charge on any atom is 0.0964 e. The molecule has 0 aliphatic carbocycles.